The number of hydrogen-bond donors (Lipinski definition) is 1. The van der Waals surface area contributed by atoms with Crippen LogP contribution in [0.2, 0.25) is 0 Å². The van der Waals surface area contributed by atoms with Crippen LogP contribution in [0, 0.1) is 0 Å². The molecule has 1 N–H and O–H groups in total. The minimum atomic E-state index is -0.567. The zero-order valence-electron chi connectivity index (χ0n) is 45.9. The lowest BCUT2D eigenvalue weighted by molar-refractivity contribution is 0.446. The Bertz CT molecular complexity index is 3090. The van der Waals surface area contributed by atoms with Crippen LogP contribution < -0.4 is 0 Å². The van der Waals surface area contributed by atoms with Crippen molar-refractivity contribution in [2.75, 3.05) is 0 Å². The molecule has 0 unspecified atom stereocenters. The molecular weight excluding hydrogens is 779 g/mol. The number of imidazole rings is 1. The molecule has 2 aromatic heterocycles. The second-order valence-electron chi connectivity index (χ2n) is 24.1. The van der Waals surface area contributed by atoms with Crippen molar-refractivity contribution in [2.45, 2.75) is 157 Å². The van der Waals surface area contributed by atoms with E-state index in [-0.39, 0.29) is 62.6 Å². The Labute approximate surface area is 390 Å². The summed E-state index contributed by atoms with van der Waals surface area (Å²) in [6, 6.07) is 27.5. The Morgan fingerprint density at radius 3 is 1.61 bits per heavy atom. The standard InChI is InChI=1S/C60H73N3O/c1-55(2,3)41-24-22-37(23-25-41)38-28-29-61-49(33-38)40-30-39(31-43(32-40)57(7,8)9)45-20-19-21-51-52(45)62-54(46-34-44(58(10,11)12)36-48(53(46)64)60(16,17)18)63(51)50-27-26-42(56(4,5)6)35-47(50)59(13,14)15/h19-36,64H,1-18H3/i22D,23D,24D,25D. The summed E-state index contributed by atoms with van der Waals surface area (Å²) in [6.07, 6.45) is 1.69. The van der Waals surface area contributed by atoms with Gasteiger partial charge in [0.2, 0.25) is 0 Å². The van der Waals surface area contributed by atoms with Crippen molar-refractivity contribution >= 4 is 11.0 Å². The van der Waals surface area contributed by atoms with Crippen molar-refractivity contribution in [3.05, 3.63) is 143 Å². The fourth-order valence-electron chi connectivity index (χ4n) is 8.30. The van der Waals surface area contributed by atoms with E-state index in [1.807, 2.05) is 26.8 Å². The summed E-state index contributed by atoms with van der Waals surface area (Å²) >= 11 is 0. The summed E-state index contributed by atoms with van der Waals surface area (Å²) in [7, 11) is 0. The highest BCUT2D eigenvalue weighted by Crippen LogP contribution is 2.46. The number of fused-ring (bicyclic) bond motifs is 1. The van der Waals surface area contributed by atoms with Crippen molar-refractivity contribution in [1.82, 2.24) is 14.5 Å². The summed E-state index contributed by atoms with van der Waals surface area (Å²) in [5, 5.41) is 12.5. The molecule has 5 aromatic carbocycles. The van der Waals surface area contributed by atoms with Crippen molar-refractivity contribution in [3.8, 4) is 56.3 Å². The molecule has 2 heterocycles. The number of aromatic hydroxyl groups is 1. The third-order valence-electron chi connectivity index (χ3n) is 12.5. The molecule has 0 aliphatic rings. The molecular formula is C60H73N3O. The highest BCUT2D eigenvalue weighted by Gasteiger charge is 2.31. The maximum Gasteiger partial charge on any atom is 0.149 e. The van der Waals surface area contributed by atoms with Gasteiger partial charge in [-0.05, 0) is 119 Å². The van der Waals surface area contributed by atoms with Crippen LogP contribution in [0.4, 0.5) is 0 Å². The Hall–Kier alpha value is -5.48. The van der Waals surface area contributed by atoms with Crippen LogP contribution in [-0.2, 0) is 32.5 Å². The van der Waals surface area contributed by atoms with Crippen LogP contribution in [0.3, 0.4) is 0 Å². The summed E-state index contributed by atoms with van der Waals surface area (Å²) in [5.41, 5.74) is 11.8. The number of phenolic OH excluding ortho intramolecular Hbond substituents is 1. The van der Waals surface area contributed by atoms with Gasteiger partial charge in [0.1, 0.15) is 11.6 Å². The summed E-state index contributed by atoms with van der Waals surface area (Å²) in [6.45, 7) is 38.9. The van der Waals surface area contributed by atoms with E-state index in [0.717, 1.165) is 50.1 Å². The van der Waals surface area contributed by atoms with Crippen LogP contribution in [0.25, 0.3) is 61.6 Å². The average molecular weight is 856 g/mol. The van der Waals surface area contributed by atoms with Gasteiger partial charge in [0, 0.05) is 22.9 Å². The third-order valence-corrected chi connectivity index (χ3v) is 12.5. The first-order valence-corrected chi connectivity index (χ1v) is 22.9. The molecule has 4 nitrogen and oxygen atoms in total. The zero-order chi connectivity index (χ0) is 50.6. The number of phenols is 1. The summed E-state index contributed by atoms with van der Waals surface area (Å²) in [4.78, 5) is 10.5. The normalized spacial score (nSPS) is 14.1. The molecule has 7 rings (SSSR count). The van der Waals surface area contributed by atoms with Gasteiger partial charge in [-0.3, -0.25) is 9.55 Å². The van der Waals surface area contributed by atoms with E-state index in [0.29, 0.717) is 28.2 Å². The molecule has 0 atom stereocenters. The highest BCUT2D eigenvalue weighted by atomic mass is 16.3. The quantitative estimate of drug-likeness (QED) is 0.188. The predicted octanol–water partition coefficient (Wildman–Crippen LogP) is 16.6. The average Bonchev–Trinajstić information content (AvgIpc) is 3.60. The van der Waals surface area contributed by atoms with Crippen LogP contribution in [0.1, 0.15) is 163 Å². The second kappa shape index (κ2) is 15.9. The Morgan fingerprint density at radius 2 is 1.03 bits per heavy atom. The van der Waals surface area contributed by atoms with Crippen LogP contribution in [0.15, 0.2) is 109 Å². The van der Waals surface area contributed by atoms with E-state index < -0.39 is 5.41 Å². The van der Waals surface area contributed by atoms with E-state index >= 15 is 0 Å². The zero-order valence-corrected chi connectivity index (χ0v) is 41.9. The topological polar surface area (TPSA) is 50.9 Å². The number of rotatable bonds is 5. The van der Waals surface area contributed by atoms with Crippen molar-refractivity contribution in [3.63, 3.8) is 0 Å². The fraction of sp³-hybridized carbons (Fsp3) is 0.400. The number of aromatic nitrogens is 3. The lowest BCUT2D eigenvalue weighted by Gasteiger charge is -2.29. The Balaban J connectivity index is 1.56. The SMILES string of the molecule is [2H]c1c([2H])c(C(C)(C)C)c([2H])c([2H])c1-c1ccnc(-c2cc(-c3cccc4c3nc(-c3cc(C(C)(C)C)cc(C(C)(C)C)c3O)n4-c3ccc(C(C)(C)C)cc3C(C)(C)C)cc(C(C)(C)C)c2)c1. The molecule has 0 saturated heterocycles. The molecule has 0 saturated carbocycles. The second-order valence-corrected chi connectivity index (χ2v) is 24.1. The third kappa shape index (κ3) is 9.21. The lowest BCUT2D eigenvalue weighted by Crippen LogP contribution is -2.19. The number of benzene rings is 5. The molecule has 7 aromatic rings. The van der Waals surface area contributed by atoms with Gasteiger partial charge in [-0.1, -0.05) is 185 Å². The van der Waals surface area contributed by atoms with Gasteiger partial charge in [0.05, 0.1) is 33.5 Å². The number of hydrogen-bond acceptors (Lipinski definition) is 3. The van der Waals surface area contributed by atoms with E-state index in [1.165, 1.54) is 11.1 Å². The van der Waals surface area contributed by atoms with E-state index in [9.17, 15) is 5.11 Å². The van der Waals surface area contributed by atoms with E-state index in [4.69, 9.17) is 15.5 Å². The molecule has 0 bridgehead atoms. The van der Waals surface area contributed by atoms with Crippen LogP contribution >= 0.6 is 0 Å². The van der Waals surface area contributed by atoms with Gasteiger partial charge in [-0.15, -0.1) is 0 Å². The van der Waals surface area contributed by atoms with Crippen LogP contribution in [0.5, 0.6) is 5.75 Å². The van der Waals surface area contributed by atoms with Gasteiger partial charge in [0.15, 0.2) is 0 Å². The largest absolute Gasteiger partial charge is 0.507 e. The molecule has 0 aliphatic heterocycles. The number of nitrogens with zero attached hydrogens (tertiary/aromatic N) is 3. The summed E-state index contributed by atoms with van der Waals surface area (Å²) < 4.78 is 38.3. The predicted molar refractivity (Wildman–Crippen MR) is 274 cm³/mol. The van der Waals surface area contributed by atoms with Crippen molar-refractivity contribution < 1.29 is 10.6 Å². The first-order chi connectivity index (χ1) is 31.1. The molecule has 0 radical (unpaired) electrons. The fourth-order valence-corrected chi connectivity index (χ4v) is 8.30. The molecule has 4 heteroatoms. The monoisotopic (exact) mass is 856 g/mol. The van der Waals surface area contributed by atoms with Gasteiger partial charge in [-0.2, -0.15) is 0 Å². The highest BCUT2D eigenvalue weighted by molar-refractivity contribution is 5.97. The Kier molecular flexibility index (Phi) is 10.2. The van der Waals surface area contributed by atoms with Crippen molar-refractivity contribution in [1.29, 1.82) is 0 Å². The minimum Gasteiger partial charge on any atom is -0.507 e. The van der Waals surface area contributed by atoms with Crippen LogP contribution in [-0.4, -0.2) is 19.6 Å². The van der Waals surface area contributed by atoms with E-state index in [2.05, 4.69) is 175 Å². The molecule has 334 valence electrons. The van der Waals surface area contributed by atoms with Gasteiger partial charge in [0.25, 0.3) is 0 Å². The minimum absolute atomic E-state index is 0.0244. The maximum absolute atomic E-state index is 12.5. The lowest BCUT2D eigenvalue weighted by atomic mass is 9.78. The van der Waals surface area contributed by atoms with Crippen molar-refractivity contribution in [2.24, 2.45) is 0 Å². The smallest absolute Gasteiger partial charge is 0.149 e. The number of pyridine rings is 1. The molecule has 64 heavy (non-hydrogen) atoms. The molecule has 0 fully saturated rings. The molecule has 0 amide bonds. The molecule has 0 spiro atoms. The first kappa shape index (κ1) is 41.2. The van der Waals surface area contributed by atoms with Gasteiger partial charge >= 0.3 is 0 Å². The Morgan fingerprint density at radius 1 is 0.469 bits per heavy atom. The first-order valence-electron chi connectivity index (χ1n) is 24.9. The van der Waals surface area contributed by atoms with Gasteiger partial charge in [-0.25, -0.2) is 4.98 Å². The molecule has 0 aliphatic carbocycles. The van der Waals surface area contributed by atoms with E-state index in [1.54, 1.807) is 12.3 Å². The maximum atomic E-state index is 12.5. The van der Waals surface area contributed by atoms with Gasteiger partial charge < -0.3 is 5.11 Å². The summed E-state index contributed by atoms with van der Waals surface area (Å²) in [5.74, 6) is 0.888. The number of para-hydroxylation sites is 1.